The number of amides is 1. The highest BCUT2D eigenvalue weighted by Crippen LogP contribution is 2.28. The SMILES string of the molecule is NC(=S)N(NC(=O)CSc1nc(-c2ccc(Cl)cc2)cs1)c1ccccc1. The summed E-state index contributed by atoms with van der Waals surface area (Å²) >= 11 is 13.8. The Bertz CT molecular complexity index is 931. The summed E-state index contributed by atoms with van der Waals surface area (Å²) in [5.41, 5.74) is 11.0. The summed E-state index contributed by atoms with van der Waals surface area (Å²) in [6.45, 7) is 0. The van der Waals surface area contributed by atoms with Crippen molar-refractivity contribution in [3.05, 3.63) is 65.0 Å². The maximum Gasteiger partial charge on any atom is 0.249 e. The summed E-state index contributed by atoms with van der Waals surface area (Å²) in [7, 11) is 0. The van der Waals surface area contributed by atoms with Crippen LogP contribution in [0.2, 0.25) is 5.02 Å². The Labute approximate surface area is 175 Å². The van der Waals surface area contributed by atoms with E-state index in [9.17, 15) is 4.79 Å². The zero-order chi connectivity index (χ0) is 19.2. The maximum atomic E-state index is 12.3. The van der Waals surface area contributed by atoms with Crippen molar-refractivity contribution in [3.63, 3.8) is 0 Å². The van der Waals surface area contributed by atoms with E-state index in [4.69, 9.17) is 29.6 Å². The zero-order valence-corrected chi connectivity index (χ0v) is 17.2. The predicted octanol–water partition coefficient (Wildman–Crippen LogP) is 4.34. The Kier molecular flexibility index (Phi) is 6.68. The first-order valence-electron chi connectivity index (χ1n) is 7.81. The molecule has 0 atom stereocenters. The summed E-state index contributed by atoms with van der Waals surface area (Å²) in [4.78, 5) is 16.8. The molecule has 3 N–H and O–H groups in total. The molecule has 3 rings (SSSR count). The molecule has 0 aliphatic carbocycles. The Morgan fingerprint density at radius 1 is 1.22 bits per heavy atom. The molecule has 138 valence electrons. The summed E-state index contributed by atoms with van der Waals surface area (Å²) in [5, 5.41) is 4.09. The van der Waals surface area contributed by atoms with Crippen LogP contribution in [0, 0.1) is 0 Å². The van der Waals surface area contributed by atoms with Gasteiger partial charge in [-0.05, 0) is 36.5 Å². The van der Waals surface area contributed by atoms with Gasteiger partial charge in [-0.15, -0.1) is 11.3 Å². The summed E-state index contributed by atoms with van der Waals surface area (Å²) < 4.78 is 0.802. The van der Waals surface area contributed by atoms with E-state index in [0.29, 0.717) is 10.7 Å². The number of thiazole rings is 1. The van der Waals surface area contributed by atoms with E-state index < -0.39 is 0 Å². The highest BCUT2D eigenvalue weighted by atomic mass is 35.5. The lowest BCUT2D eigenvalue weighted by molar-refractivity contribution is -0.118. The van der Waals surface area contributed by atoms with Crippen molar-refractivity contribution < 1.29 is 4.79 Å². The summed E-state index contributed by atoms with van der Waals surface area (Å²) in [5.74, 6) is -0.0284. The Morgan fingerprint density at radius 2 is 1.93 bits per heavy atom. The second kappa shape index (κ2) is 9.18. The lowest BCUT2D eigenvalue weighted by Crippen LogP contribution is -2.49. The largest absolute Gasteiger partial charge is 0.374 e. The molecule has 0 aliphatic heterocycles. The standard InChI is InChI=1S/C18H15ClN4OS3/c19-13-8-6-12(7-9-13)15-10-26-18(21-15)27-11-16(24)22-23(17(20)25)14-4-2-1-3-5-14/h1-10H,11H2,(H2,20,25)(H,22,24). The second-order valence-corrected chi connectivity index (χ2v) is 8.27. The number of nitrogens with two attached hydrogens (primary N) is 1. The first-order chi connectivity index (χ1) is 13.0. The maximum absolute atomic E-state index is 12.3. The molecule has 0 spiro atoms. The van der Waals surface area contributed by atoms with E-state index in [0.717, 1.165) is 15.6 Å². The van der Waals surface area contributed by atoms with Crippen LogP contribution in [0.3, 0.4) is 0 Å². The van der Waals surface area contributed by atoms with E-state index >= 15 is 0 Å². The molecule has 3 aromatic rings. The molecule has 1 amide bonds. The number of thiocarbonyl (C=S) groups is 1. The van der Waals surface area contributed by atoms with Crippen LogP contribution in [0.25, 0.3) is 11.3 Å². The van der Waals surface area contributed by atoms with Crippen molar-refractivity contribution >= 4 is 63.6 Å². The van der Waals surface area contributed by atoms with Crippen molar-refractivity contribution in [2.24, 2.45) is 5.73 Å². The molecule has 0 fully saturated rings. The van der Waals surface area contributed by atoms with Gasteiger partial charge in [0.15, 0.2) is 9.45 Å². The van der Waals surface area contributed by atoms with Gasteiger partial charge in [0, 0.05) is 16.0 Å². The third-order valence-electron chi connectivity index (χ3n) is 3.42. The van der Waals surface area contributed by atoms with Crippen LogP contribution >= 0.6 is 46.9 Å². The average Bonchev–Trinajstić information content (AvgIpc) is 3.14. The molecule has 0 aliphatic rings. The number of thioether (sulfide) groups is 1. The van der Waals surface area contributed by atoms with Gasteiger partial charge >= 0.3 is 0 Å². The number of hydrogen-bond donors (Lipinski definition) is 2. The van der Waals surface area contributed by atoms with Crippen LogP contribution in [0.1, 0.15) is 0 Å². The molecular formula is C18H15ClN4OS3. The zero-order valence-electron chi connectivity index (χ0n) is 14.0. The number of halogens is 1. The third-order valence-corrected chi connectivity index (χ3v) is 5.88. The van der Waals surface area contributed by atoms with Crippen LogP contribution in [0.4, 0.5) is 5.69 Å². The highest BCUT2D eigenvalue weighted by Gasteiger charge is 2.14. The van der Waals surface area contributed by atoms with Gasteiger partial charge in [0.1, 0.15) is 0 Å². The van der Waals surface area contributed by atoms with Crippen molar-refractivity contribution in [1.29, 1.82) is 0 Å². The van der Waals surface area contributed by atoms with E-state index in [2.05, 4.69) is 10.4 Å². The quantitative estimate of drug-likeness (QED) is 0.353. The minimum absolute atomic E-state index is 0.0684. The van der Waals surface area contributed by atoms with Gasteiger partial charge in [0.25, 0.3) is 0 Å². The fourth-order valence-corrected chi connectivity index (χ4v) is 4.09. The number of nitrogens with one attached hydrogen (secondary N) is 1. The molecule has 0 bridgehead atoms. The van der Waals surface area contributed by atoms with Crippen molar-refractivity contribution in [2.45, 2.75) is 4.34 Å². The number of anilines is 1. The lowest BCUT2D eigenvalue weighted by atomic mass is 10.2. The average molecular weight is 435 g/mol. The van der Waals surface area contributed by atoms with Crippen LogP contribution in [0.5, 0.6) is 0 Å². The second-order valence-electron chi connectivity index (χ2n) is 5.34. The van der Waals surface area contributed by atoms with E-state index in [-0.39, 0.29) is 16.8 Å². The Morgan fingerprint density at radius 3 is 2.59 bits per heavy atom. The van der Waals surface area contributed by atoms with E-state index in [1.165, 1.54) is 28.1 Å². The minimum atomic E-state index is -0.222. The molecular weight excluding hydrogens is 420 g/mol. The minimum Gasteiger partial charge on any atom is -0.374 e. The first kappa shape index (κ1) is 19.6. The number of aromatic nitrogens is 1. The van der Waals surface area contributed by atoms with Gasteiger partial charge in [-0.2, -0.15) is 0 Å². The fraction of sp³-hybridized carbons (Fsp3) is 0.0556. The van der Waals surface area contributed by atoms with Crippen molar-refractivity contribution in [2.75, 3.05) is 10.8 Å². The van der Waals surface area contributed by atoms with Crippen molar-refractivity contribution in [3.8, 4) is 11.3 Å². The number of carbonyl (C=O) groups is 1. The molecule has 0 saturated heterocycles. The van der Waals surface area contributed by atoms with Gasteiger partial charge in [-0.1, -0.05) is 53.7 Å². The molecule has 1 aromatic heterocycles. The predicted molar refractivity (Wildman–Crippen MR) is 117 cm³/mol. The number of para-hydroxylation sites is 1. The number of rotatable bonds is 5. The van der Waals surface area contributed by atoms with E-state index in [1.54, 1.807) is 0 Å². The van der Waals surface area contributed by atoms with Gasteiger partial charge in [-0.25, -0.2) is 9.99 Å². The van der Waals surface area contributed by atoms with Gasteiger partial charge in [-0.3, -0.25) is 10.2 Å². The molecule has 5 nitrogen and oxygen atoms in total. The topological polar surface area (TPSA) is 71.2 Å². The molecule has 1 heterocycles. The molecule has 0 unspecified atom stereocenters. The van der Waals surface area contributed by atoms with Crippen molar-refractivity contribution in [1.82, 2.24) is 10.4 Å². The molecule has 0 radical (unpaired) electrons. The van der Waals surface area contributed by atoms with Gasteiger partial charge in [0.05, 0.1) is 17.1 Å². The van der Waals surface area contributed by atoms with Crippen LogP contribution in [-0.4, -0.2) is 21.8 Å². The Hall–Kier alpha value is -2.13. The number of hydrazine groups is 1. The molecule has 27 heavy (non-hydrogen) atoms. The van der Waals surface area contributed by atoms with Gasteiger partial charge in [0.2, 0.25) is 5.91 Å². The van der Waals surface area contributed by atoms with Crippen LogP contribution < -0.4 is 16.2 Å². The summed E-state index contributed by atoms with van der Waals surface area (Å²) in [6, 6.07) is 16.7. The number of carbonyl (C=O) groups excluding carboxylic acids is 1. The fourth-order valence-electron chi connectivity index (χ4n) is 2.19. The number of benzene rings is 2. The Balaban J connectivity index is 1.59. The third kappa shape index (κ3) is 5.43. The normalized spacial score (nSPS) is 10.4. The first-order valence-corrected chi connectivity index (χ1v) is 10.5. The van der Waals surface area contributed by atoms with Gasteiger partial charge < -0.3 is 5.73 Å². The molecule has 0 saturated carbocycles. The molecule has 2 aromatic carbocycles. The van der Waals surface area contributed by atoms with E-state index in [1.807, 2.05) is 60.0 Å². The summed E-state index contributed by atoms with van der Waals surface area (Å²) in [6.07, 6.45) is 0. The molecule has 9 heteroatoms. The van der Waals surface area contributed by atoms with Crippen LogP contribution in [-0.2, 0) is 4.79 Å². The lowest BCUT2D eigenvalue weighted by Gasteiger charge is -2.23. The monoisotopic (exact) mass is 434 g/mol. The number of hydrogen-bond acceptors (Lipinski definition) is 5. The number of nitrogens with zero attached hydrogens (tertiary/aromatic N) is 2. The van der Waals surface area contributed by atoms with Crippen LogP contribution in [0.15, 0.2) is 64.3 Å². The smallest absolute Gasteiger partial charge is 0.249 e. The highest BCUT2D eigenvalue weighted by molar-refractivity contribution is 8.01.